The maximum atomic E-state index is 12.8. The quantitative estimate of drug-likeness (QED) is 0.624. The summed E-state index contributed by atoms with van der Waals surface area (Å²) < 4.78 is 0. The molecule has 0 fully saturated rings. The zero-order valence-electron chi connectivity index (χ0n) is 19.8. The minimum atomic E-state index is -0.530. The molecule has 1 aliphatic heterocycles. The normalized spacial score (nSPS) is 26.1. The summed E-state index contributed by atoms with van der Waals surface area (Å²) in [4.78, 5) is 40.4. The van der Waals surface area contributed by atoms with Gasteiger partial charge in [0.05, 0.1) is 18.0 Å². The molecule has 1 amide bonds. The molecule has 3 aliphatic rings. The van der Waals surface area contributed by atoms with Crippen molar-refractivity contribution in [2.45, 2.75) is 45.4 Å². The second-order valence-corrected chi connectivity index (χ2v) is 9.77. The van der Waals surface area contributed by atoms with Gasteiger partial charge in [-0.2, -0.15) is 0 Å². The zero-order valence-corrected chi connectivity index (χ0v) is 19.8. The number of benzene rings is 1. The molecule has 0 spiro atoms. The van der Waals surface area contributed by atoms with Gasteiger partial charge in [0, 0.05) is 48.0 Å². The Kier molecular flexibility index (Phi) is 5.44. The monoisotopic (exact) mass is 452 g/mol. The van der Waals surface area contributed by atoms with Crippen LogP contribution in [0.2, 0.25) is 0 Å². The summed E-state index contributed by atoms with van der Waals surface area (Å²) in [6.45, 7) is 14.4. The molecule has 2 aliphatic carbocycles. The average molecular weight is 453 g/mol. The minimum Gasteiger partial charge on any atom is -0.338 e. The molecular formula is C28H28N4O2. The Hall–Kier alpha value is -3.59. The van der Waals surface area contributed by atoms with E-state index in [0.717, 1.165) is 47.4 Å². The highest BCUT2D eigenvalue weighted by atomic mass is 16.2. The number of ketones is 1. The Morgan fingerprint density at radius 3 is 2.71 bits per heavy atom. The predicted octanol–water partition coefficient (Wildman–Crippen LogP) is 4.62. The van der Waals surface area contributed by atoms with Crippen molar-refractivity contribution >= 4 is 17.3 Å². The summed E-state index contributed by atoms with van der Waals surface area (Å²) in [6.07, 6.45) is 6.39. The van der Waals surface area contributed by atoms with E-state index in [0.29, 0.717) is 18.9 Å². The number of nitrogens with zero attached hydrogens (tertiary/aromatic N) is 4. The van der Waals surface area contributed by atoms with Gasteiger partial charge in [0.15, 0.2) is 11.6 Å². The Balaban J connectivity index is 1.74. The van der Waals surface area contributed by atoms with E-state index in [2.05, 4.69) is 30.0 Å². The average Bonchev–Trinajstić information content (AvgIpc) is 2.86. The van der Waals surface area contributed by atoms with Crippen LogP contribution in [0.4, 0.5) is 0 Å². The third-order valence-electron chi connectivity index (χ3n) is 7.75. The fourth-order valence-corrected chi connectivity index (χ4v) is 5.90. The largest absolute Gasteiger partial charge is 0.338 e. The van der Waals surface area contributed by atoms with Gasteiger partial charge >= 0.3 is 0 Å². The van der Waals surface area contributed by atoms with E-state index in [-0.39, 0.29) is 29.2 Å². The SMILES string of the molecule is [C-]#[N+]C1=C[C@@]2(C)c3nc(C4=CCCN(C(C)=O)C4)nc(-c4ccccc4)c3CC[C@@H]2[C@@H](C)C1=O. The van der Waals surface area contributed by atoms with E-state index in [1.807, 2.05) is 36.1 Å². The minimum absolute atomic E-state index is 0.0446. The number of amides is 1. The van der Waals surface area contributed by atoms with Gasteiger partial charge in [-0.25, -0.2) is 14.8 Å². The molecule has 0 radical (unpaired) electrons. The fraction of sp³-hybridized carbons (Fsp3) is 0.393. The molecule has 6 heteroatoms. The van der Waals surface area contributed by atoms with Gasteiger partial charge in [-0.15, -0.1) is 0 Å². The Labute approximate surface area is 200 Å². The van der Waals surface area contributed by atoms with Crippen LogP contribution < -0.4 is 0 Å². The standard InChI is InChI=1S/C28H28N4O2/c1-17-22-13-12-21-24(19-9-6-5-7-10-19)30-27(20-11-8-14-32(16-20)18(2)33)31-26(21)28(22,3)15-23(29-4)25(17)34/h5-7,9-11,15,17,22H,8,12-14,16H2,1-3H3/t17-,22-,28-/m1/s1. The molecule has 6 nitrogen and oxygen atoms in total. The second kappa shape index (κ2) is 8.32. The molecule has 0 saturated carbocycles. The Morgan fingerprint density at radius 1 is 1.24 bits per heavy atom. The summed E-state index contributed by atoms with van der Waals surface area (Å²) in [5, 5.41) is 0. The van der Waals surface area contributed by atoms with E-state index >= 15 is 0 Å². The van der Waals surface area contributed by atoms with Crippen molar-refractivity contribution in [1.82, 2.24) is 14.9 Å². The molecule has 5 rings (SSSR count). The van der Waals surface area contributed by atoms with Crippen LogP contribution in [0, 0.1) is 18.4 Å². The first-order chi connectivity index (χ1) is 16.3. The molecule has 172 valence electrons. The third-order valence-corrected chi connectivity index (χ3v) is 7.75. The fourth-order valence-electron chi connectivity index (χ4n) is 5.90. The van der Waals surface area contributed by atoms with Gasteiger partial charge in [0.25, 0.3) is 0 Å². The number of carbonyl (C=O) groups is 2. The second-order valence-electron chi connectivity index (χ2n) is 9.77. The first-order valence-corrected chi connectivity index (χ1v) is 11.9. The predicted molar refractivity (Wildman–Crippen MR) is 130 cm³/mol. The smallest absolute Gasteiger partial charge is 0.226 e. The van der Waals surface area contributed by atoms with Crippen molar-refractivity contribution in [2.75, 3.05) is 13.1 Å². The zero-order chi connectivity index (χ0) is 24.0. The number of Topliss-reactive ketones (excluding diaryl/α,β-unsaturated/α-hetero) is 1. The Morgan fingerprint density at radius 2 is 2.00 bits per heavy atom. The van der Waals surface area contributed by atoms with E-state index < -0.39 is 5.41 Å². The topological polar surface area (TPSA) is 67.5 Å². The van der Waals surface area contributed by atoms with Crippen molar-refractivity contribution < 1.29 is 9.59 Å². The van der Waals surface area contributed by atoms with E-state index in [1.54, 1.807) is 6.92 Å². The number of fused-ring (bicyclic) bond motifs is 3. The van der Waals surface area contributed by atoms with Gasteiger partial charge in [-0.1, -0.05) is 56.3 Å². The third kappa shape index (κ3) is 3.47. The maximum absolute atomic E-state index is 12.8. The van der Waals surface area contributed by atoms with Crippen molar-refractivity contribution in [1.29, 1.82) is 0 Å². The van der Waals surface area contributed by atoms with Gasteiger partial charge in [-0.05, 0) is 25.2 Å². The van der Waals surface area contributed by atoms with Crippen molar-refractivity contribution in [3.8, 4) is 11.3 Å². The van der Waals surface area contributed by atoms with Crippen LogP contribution in [0.15, 0.2) is 48.2 Å². The number of hydrogen-bond donors (Lipinski definition) is 0. The van der Waals surface area contributed by atoms with Gasteiger partial charge in [0.2, 0.25) is 11.6 Å². The van der Waals surface area contributed by atoms with Crippen LogP contribution in [0.3, 0.4) is 0 Å². The Bertz CT molecular complexity index is 1290. The van der Waals surface area contributed by atoms with Crippen LogP contribution in [0.5, 0.6) is 0 Å². The van der Waals surface area contributed by atoms with Crippen LogP contribution in [-0.2, 0) is 21.4 Å². The molecule has 2 aromatic rings. The number of carbonyl (C=O) groups excluding carboxylic acids is 2. The molecule has 0 saturated heterocycles. The van der Waals surface area contributed by atoms with Crippen LogP contribution in [-0.4, -0.2) is 39.6 Å². The van der Waals surface area contributed by atoms with Gasteiger partial charge < -0.3 is 9.69 Å². The molecule has 0 N–H and O–H groups in total. The van der Waals surface area contributed by atoms with E-state index in [1.165, 1.54) is 0 Å². The van der Waals surface area contributed by atoms with E-state index in [9.17, 15) is 9.59 Å². The summed E-state index contributed by atoms with van der Waals surface area (Å²) in [7, 11) is 0. The molecular weight excluding hydrogens is 424 g/mol. The van der Waals surface area contributed by atoms with Gasteiger partial charge in [0.1, 0.15) is 0 Å². The molecule has 1 aromatic heterocycles. The summed E-state index contributed by atoms with van der Waals surface area (Å²) in [5.74, 6) is 0.466. The number of aromatic nitrogens is 2. The van der Waals surface area contributed by atoms with Crippen LogP contribution >= 0.6 is 0 Å². The number of rotatable bonds is 2. The molecule has 3 atom stereocenters. The molecule has 2 heterocycles. The highest BCUT2D eigenvalue weighted by Crippen LogP contribution is 2.51. The summed E-state index contributed by atoms with van der Waals surface area (Å²) in [6, 6.07) is 10.1. The molecule has 1 aromatic carbocycles. The number of hydrogen-bond acceptors (Lipinski definition) is 4. The maximum Gasteiger partial charge on any atom is 0.226 e. The van der Waals surface area contributed by atoms with E-state index in [4.69, 9.17) is 16.5 Å². The first kappa shape index (κ1) is 22.2. The molecule has 0 bridgehead atoms. The summed E-state index contributed by atoms with van der Waals surface area (Å²) >= 11 is 0. The first-order valence-electron chi connectivity index (χ1n) is 11.9. The highest BCUT2D eigenvalue weighted by Gasteiger charge is 2.49. The van der Waals surface area contributed by atoms with Crippen molar-refractivity contribution in [3.05, 3.63) is 76.7 Å². The van der Waals surface area contributed by atoms with Crippen LogP contribution in [0.25, 0.3) is 21.7 Å². The number of allylic oxidation sites excluding steroid dienone is 2. The lowest BCUT2D eigenvalue weighted by molar-refractivity contribution is -0.128. The van der Waals surface area contributed by atoms with Gasteiger partial charge in [-0.3, -0.25) is 4.79 Å². The summed E-state index contributed by atoms with van der Waals surface area (Å²) in [5.41, 5.74) is 4.56. The lowest BCUT2D eigenvalue weighted by atomic mass is 9.58. The molecule has 34 heavy (non-hydrogen) atoms. The lowest BCUT2D eigenvalue weighted by Gasteiger charge is -2.46. The van der Waals surface area contributed by atoms with Crippen molar-refractivity contribution in [2.24, 2.45) is 11.8 Å². The lowest BCUT2D eigenvalue weighted by Crippen LogP contribution is -2.46. The molecule has 0 unspecified atom stereocenters. The highest BCUT2D eigenvalue weighted by molar-refractivity contribution is 6.00. The van der Waals surface area contributed by atoms with Crippen molar-refractivity contribution in [3.63, 3.8) is 0 Å². The van der Waals surface area contributed by atoms with Crippen LogP contribution in [0.1, 0.15) is 50.7 Å².